The maximum absolute atomic E-state index is 13.1. The Labute approximate surface area is 108 Å². The number of carbonyl (C=O) groups excluding carboxylic acids is 2. The van der Waals surface area contributed by atoms with Crippen LogP contribution in [0.5, 0.6) is 0 Å². The number of hydrogen-bond acceptors (Lipinski definition) is 4. The van der Waals surface area contributed by atoms with Crippen LogP contribution in [-0.2, 0) is 14.1 Å². The van der Waals surface area contributed by atoms with Gasteiger partial charge in [0.15, 0.2) is 0 Å². The smallest absolute Gasteiger partial charge is 0.310 e. The van der Waals surface area contributed by atoms with Crippen molar-refractivity contribution in [1.82, 2.24) is 5.32 Å². The lowest BCUT2D eigenvalue weighted by Crippen LogP contribution is -2.45. The summed E-state index contributed by atoms with van der Waals surface area (Å²) in [6.07, 6.45) is 1.63. The summed E-state index contributed by atoms with van der Waals surface area (Å²) in [5, 5.41) is 2.72. The highest BCUT2D eigenvalue weighted by molar-refractivity contribution is 7.10. The van der Waals surface area contributed by atoms with Crippen molar-refractivity contribution >= 4 is 21.3 Å². The largest absolute Gasteiger partial charge is 0.451 e. The zero-order valence-electron chi connectivity index (χ0n) is 10.2. The van der Waals surface area contributed by atoms with Crippen molar-refractivity contribution in [2.75, 3.05) is 6.54 Å². The summed E-state index contributed by atoms with van der Waals surface area (Å²) >= 11 is 0. The minimum absolute atomic E-state index is 0.0941. The Morgan fingerprint density at radius 1 is 1.39 bits per heavy atom. The quantitative estimate of drug-likeness (QED) is 0.725. The molecule has 1 rings (SSSR count). The molecule has 3 N–H and O–H groups in total. The first-order chi connectivity index (χ1) is 8.56. The Morgan fingerprint density at radius 2 is 2.00 bits per heavy atom. The number of nitrogens with two attached hydrogens (primary N) is 1. The average Bonchev–Trinajstić information content (AvgIpc) is 2.38. The number of carbonyl (C=O) groups is 2. The lowest BCUT2D eigenvalue weighted by atomic mass is 9.82. The molecule has 0 aliphatic heterocycles. The predicted octanol–water partition coefficient (Wildman–Crippen LogP) is 0.682. The number of rotatable bonds is 5. The number of hydrogen-bond donors (Lipinski definition) is 2. The lowest BCUT2D eigenvalue weighted by Gasteiger charge is -2.31. The third kappa shape index (κ3) is 4.86. The van der Waals surface area contributed by atoms with Gasteiger partial charge in [-0.15, -0.1) is 0 Å². The monoisotopic (exact) mass is 278 g/mol. The third-order valence-electron chi connectivity index (χ3n) is 3.32. The topological polar surface area (TPSA) is 81.4 Å². The van der Waals surface area contributed by atoms with E-state index in [0.29, 0.717) is 25.7 Å². The Morgan fingerprint density at radius 3 is 2.50 bits per heavy atom. The van der Waals surface area contributed by atoms with Gasteiger partial charge in [-0.05, 0) is 31.6 Å². The molecule has 0 bridgehead atoms. The molecule has 1 aliphatic rings. The minimum atomic E-state index is -0.763. The van der Waals surface area contributed by atoms with Crippen LogP contribution in [0.2, 0.25) is 0 Å². The van der Waals surface area contributed by atoms with E-state index in [1.807, 2.05) is 9.47 Å². The number of amides is 1. The summed E-state index contributed by atoms with van der Waals surface area (Å²) in [5.41, 5.74) is 5.24. The van der Waals surface area contributed by atoms with Crippen LogP contribution in [0, 0.1) is 5.92 Å². The Bertz CT molecular complexity index is 278. The molecule has 0 aromatic carbocycles. The average molecular weight is 278 g/mol. The number of halogens is 1. The van der Waals surface area contributed by atoms with E-state index in [-0.39, 0.29) is 30.8 Å². The summed E-state index contributed by atoms with van der Waals surface area (Å²) < 4.78 is 17.6. The molecule has 18 heavy (non-hydrogen) atoms. The zero-order chi connectivity index (χ0) is 13.5. The van der Waals surface area contributed by atoms with Crippen LogP contribution in [0.25, 0.3) is 0 Å². The Kier molecular flexibility index (Phi) is 6.50. The van der Waals surface area contributed by atoms with Gasteiger partial charge in [-0.1, -0.05) is 0 Å². The zero-order valence-corrected chi connectivity index (χ0v) is 11.4. The van der Waals surface area contributed by atoms with Gasteiger partial charge in [-0.25, -0.2) is 4.39 Å². The van der Waals surface area contributed by atoms with Crippen molar-refractivity contribution in [3.8, 4) is 0 Å². The van der Waals surface area contributed by atoms with E-state index < -0.39 is 12.1 Å². The SMILES string of the molecule is NCC(=O)NC(CC(=O)OP)C1CCC(F)CC1. The molecule has 0 spiro atoms. The highest BCUT2D eigenvalue weighted by Gasteiger charge is 2.30. The van der Waals surface area contributed by atoms with Crippen LogP contribution in [0.3, 0.4) is 0 Å². The van der Waals surface area contributed by atoms with E-state index in [2.05, 4.69) is 9.84 Å². The fourth-order valence-electron chi connectivity index (χ4n) is 2.31. The van der Waals surface area contributed by atoms with E-state index >= 15 is 0 Å². The van der Waals surface area contributed by atoms with Gasteiger partial charge in [-0.3, -0.25) is 9.59 Å². The standard InChI is InChI=1S/C11H20FN2O3P/c12-8-3-1-7(2-4-8)9(5-11(16)17-18)14-10(15)6-13/h7-9H,1-6,13,18H2,(H,14,15). The number of alkyl halides is 1. The lowest BCUT2D eigenvalue weighted by molar-refractivity contribution is -0.134. The molecule has 1 amide bonds. The molecular formula is C11H20FN2O3P. The van der Waals surface area contributed by atoms with Crippen molar-refractivity contribution in [3.05, 3.63) is 0 Å². The van der Waals surface area contributed by atoms with Gasteiger partial charge >= 0.3 is 5.97 Å². The van der Waals surface area contributed by atoms with Gasteiger partial charge in [0, 0.05) is 6.04 Å². The van der Waals surface area contributed by atoms with Crippen molar-refractivity contribution < 1.29 is 18.5 Å². The van der Waals surface area contributed by atoms with E-state index in [0.717, 1.165) is 0 Å². The van der Waals surface area contributed by atoms with E-state index in [1.165, 1.54) is 0 Å². The van der Waals surface area contributed by atoms with Gasteiger partial charge in [0.2, 0.25) is 5.91 Å². The summed E-state index contributed by atoms with van der Waals surface area (Å²) in [4.78, 5) is 22.6. The highest BCUT2D eigenvalue weighted by atomic mass is 31.0. The maximum Gasteiger partial charge on any atom is 0.310 e. The van der Waals surface area contributed by atoms with Crippen molar-refractivity contribution in [3.63, 3.8) is 0 Å². The van der Waals surface area contributed by atoms with Crippen LogP contribution < -0.4 is 11.1 Å². The van der Waals surface area contributed by atoms with Gasteiger partial charge in [-0.2, -0.15) is 0 Å². The second-order valence-electron chi connectivity index (χ2n) is 4.58. The van der Waals surface area contributed by atoms with Gasteiger partial charge in [0.1, 0.15) is 6.17 Å². The molecule has 0 aromatic rings. The molecule has 2 atom stereocenters. The van der Waals surface area contributed by atoms with Gasteiger partial charge in [0.25, 0.3) is 0 Å². The summed E-state index contributed by atoms with van der Waals surface area (Å²) in [5.74, 6) is -0.611. The third-order valence-corrected chi connectivity index (χ3v) is 3.58. The normalized spacial score (nSPS) is 25.3. The fraction of sp³-hybridized carbons (Fsp3) is 0.818. The molecule has 0 aromatic heterocycles. The van der Waals surface area contributed by atoms with Crippen LogP contribution in [-0.4, -0.2) is 30.6 Å². The number of nitrogens with one attached hydrogen (secondary N) is 1. The Balaban J connectivity index is 2.58. The molecule has 1 fully saturated rings. The molecule has 5 nitrogen and oxygen atoms in total. The van der Waals surface area contributed by atoms with Crippen LogP contribution >= 0.6 is 9.47 Å². The van der Waals surface area contributed by atoms with Crippen molar-refractivity contribution in [1.29, 1.82) is 0 Å². The Hall–Kier alpha value is -0.740. The molecule has 0 heterocycles. The van der Waals surface area contributed by atoms with Crippen molar-refractivity contribution in [2.24, 2.45) is 11.7 Å². The molecule has 7 heteroatoms. The van der Waals surface area contributed by atoms with E-state index in [1.54, 1.807) is 0 Å². The first-order valence-corrected chi connectivity index (χ1v) is 6.57. The molecule has 0 radical (unpaired) electrons. The van der Waals surface area contributed by atoms with Crippen LogP contribution in [0.15, 0.2) is 0 Å². The first-order valence-electron chi connectivity index (χ1n) is 6.09. The first kappa shape index (κ1) is 15.3. The van der Waals surface area contributed by atoms with Crippen molar-refractivity contribution in [2.45, 2.75) is 44.3 Å². The molecular weight excluding hydrogens is 258 g/mol. The van der Waals surface area contributed by atoms with E-state index in [4.69, 9.17) is 5.73 Å². The second kappa shape index (κ2) is 7.64. The maximum atomic E-state index is 13.1. The summed E-state index contributed by atoms with van der Waals surface area (Å²) in [7, 11) is 1.89. The molecule has 2 unspecified atom stereocenters. The second-order valence-corrected chi connectivity index (χ2v) is 4.82. The molecule has 104 valence electrons. The van der Waals surface area contributed by atoms with Crippen LogP contribution in [0.4, 0.5) is 4.39 Å². The molecule has 1 saturated carbocycles. The van der Waals surface area contributed by atoms with E-state index in [9.17, 15) is 14.0 Å². The fourth-order valence-corrected chi connectivity index (χ4v) is 2.41. The molecule has 1 aliphatic carbocycles. The predicted molar refractivity (Wildman–Crippen MR) is 68.3 cm³/mol. The highest BCUT2D eigenvalue weighted by Crippen LogP contribution is 2.30. The minimum Gasteiger partial charge on any atom is -0.451 e. The van der Waals surface area contributed by atoms with Crippen LogP contribution in [0.1, 0.15) is 32.1 Å². The summed E-state index contributed by atoms with van der Waals surface area (Å²) in [6.45, 7) is -0.120. The summed E-state index contributed by atoms with van der Waals surface area (Å²) in [6, 6.07) is -0.318. The van der Waals surface area contributed by atoms with Gasteiger partial charge in [0.05, 0.1) is 22.4 Å². The molecule has 0 saturated heterocycles. The van der Waals surface area contributed by atoms with Gasteiger partial charge < -0.3 is 15.6 Å².